The molecule has 128 valence electrons. The van der Waals surface area contributed by atoms with Gasteiger partial charge in [0.05, 0.1) is 11.0 Å². The Morgan fingerprint density at radius 3 is 2.26 bits per heavy atom. The van der Waals surface area contributed by atoms with Gasteiger partial charge in [0.15, 0.2) is 5.58 Å². The maximum Gasteiger partial charge on any atom is 0.161 e. The third-order valence-corrected chi connectivity index (χ3v) is 5.87. The van der Waals surface area contributed by atoms with Crippen LogP contribution in [-0.4, -0.2) is 4.57 Å². The summed E-state index contributed by atoms with van der Waals surface area (Å²) >= 11 is 3.80. The molecule has 0 saturated heterocycles. The van der Waals surface area contributed by atoms with E-state index < -0.39 is 0 Å². The molecule has 0 bridgehead atoms. The Labute approximate surface area is 163 Å². The normalized spacial score (nSPS) is 11.9. The van der Waals surface area contributed by atoms with Crippen molar-refractivity contribution in [2.75, 3.05) is 0 Å². The molecule has 0 fully saturated rings. The minimum atomic E-state index is 0.908. The maximum absolute atomic E-state index is 6.39. The van der Waals surface area contributed by atoms with Crippen LogP contribution in [0, 0.1) is 0 Å². The van der Waals surface area contributed by atoms with Crippen LogP contribution < -0.4 is 0 Å². The molecule has 0 aliphatic carbocycles. The number of benzene rings is 4. The Morgan fingerprint density at radius 1 is 0.704 bits per heavy atom. The van der Waals surface area contributed by atoms with Gasteiger partial charge in [0.25, 0.3) is 0 Å². The van der Waals surface area contributed by atoms with Crippen LogP contribution in [-0.2, 0) is 0 Å². The zero-order chi connectivity index (χ0) is 18.0. The zero-order valence-electron chi connectivity index (χ0n) is 14.3. The fourth-order valence-electron chi connectivity index (χ4n) is 4.13. The SMILES string of the molecule is Brc1cc2c3ccccc3n(-c3ccccc3)c2c2oc3ccccc3c12. The number of fused-ring (bicyclic) bond motifs is 7. The van der Waals surface area contributed by atoms with Crippen molar-refractivity contribution < 1.29 is 4.42 Å². The summed E-state index contributed by atoms with van der Waals surface area (Å²) in [6, 6.07) is 29.5. The van der Waals surface area contributed by atoms with Gasteiger partial charge in [-0.3, -0.25) is 0 Å². The molecule has 0 aliphatic heterocycles. The van der Waals surface area contributed by atoms with Crippen molar-refractivity contribution in [3.8, 4) is 5.69 Å². The summed E-state index contributed by atoms with van der Waals surface area (Å²) in [6.07, 6.45) is 0. The third kappa shape index (κ3) is 2.00. The lowest BCUT2D eigenvalue weighted by molar-refractivity contribution is 0.671. The number of hydrogen-bond donors (Lipinski definition) is 0. The number of aromatic nitrogens is 1. The number of furan rings is 1. The standard InChI is InChI=1S/C24H14BrNO/c25-19-14-18-16-10-4-6-12-20(16)26(15-8-2-1-3-9-15)23(18)24-22(19)17-11-5-7-13-21(17)27-24/h1-14H. The van der Waals surface area contributed by atoms with Gasteiger partial charge in [0.1, 0.15) is 5.58 Å². The largest absolute Gasteiger partial charge is 0.454 e. The first-order valence-corrected chi connectivity index (χ1v) is 9.70. The minimum Gasteiger partial charge on any atom is -0.454 e. The second-order valence-electron chi connectivity index (χ2n) is 6.75. The second-order valence-corrected chi connectivity index (χ2v) is 7.60. The highest BCUT2D eigenvalue weighted by atomic mass is 79.9. The van der Waals surface area contributed by atoms with E-state index in [2.05, 4.69) is 87.2 Å². The van der Waals surface area contributed by atoms with Crippen LogP contribution in [0.1, 0.15) is 0 Å². The summed E-state index contributed by atoms with van der Waals surface area (Å²) in [7, 11) is 0. The van der Waals surface area contributed by atoms with Crippen molar-refractivity contribution in [3.05, 3.63) is 89.4 Å². The monoisotopic (exact) mass is 411 g/mol. The molecule has 0 saturated carbocycles. The van der Waals surface area contributed by atoms with Gasteiger partial charge in [0, 0.05) is 31.7 Å². The maximum atomic E-state index is 6.39. The van der Waals surface area contributed by atoms with Gasteiger partial charge in [-0.1, -0.05) is 54.6 Å². The van der Waals surface area contributed by atoms with E-state index in [-0.39, 0.29) is 0 Å². The molecule has 2 heterocycles. The van der Waals surface area contributed by atoms with Gasteiger partial charge in [-0.05, 0) is 46.3 Å². The van der Waals surface area contributed by atoms with Gasteiger partial charge < -0.3 is 8.98 Å². The van der Waals surface area contributed by atoms with E-state index in [1.807, 2.05) is 18.2 Å². The molecule has 0 unspecified atom stereocenters. The van der Waals surface area contributed by atoms with Crippen LogP contribution >= 0.6 is 15.9 Å². The summed E-state index contributed by atoms with van der Waals surface area (Å²) < 4.78 is 9.76. The molecule has 0 N–H and O–H groups in total. The molecule has 0 radical (unpaired) electrons. The topological polar surface area (TPSA) is 18.1 Å². The molecular weight excluding hydrogens is 398 g/mol. The Balaban J connectivity index is 1.95. The number of nitrogens with zero attached hydrogens (tertiary/aromatic N) is 1. The average Bonchev–Trinajstić information content (AvgIpc) is 3.25. The molecule has 6 aromatic rings. The quantitative estimate of drug-likeness (QED) is 0.274. The molecule has 4 aromatic carbocycles. The molecule has 6 rings (SSSR count). The van der Waals surface area contributed by atoms with Crippen molar-refractivity contribution in [1.82, 2.24) is 4.57 Å². The van der Waals surface area contributed by atoms with Crippen molar-refractivity contribution in [2.24, 2.45) is 0 Å². The van der Waals surface area contributed by atoms with Crippen LogP contribution in [0.2, 0.25) is 0 Å². The molecule has 0 amide bonds. The average molecular weight is 412 g/mol. The molecule has 2 aromatic heterocycles. The highest BCUT2D eigenvalue weighted by Gasteiger charge is 2.20. The van der Waals surface area contributed by atoms with Gasteiger partial charge in [0.2, 0.25) is 0 Å². The van der Waals surface area contributed by atoms with Crippen molar-refractivity contribution >= 4 is 59.7 Å². The lowest BCUT2D eigenvalue weighted by Gasteiger charge is -2.08. The van der Waals surface area contributed by atoms with Gasteiger partial charge in [-0.15, -0.1) is 0 Å². The van der Waals surface area contributed by atoms with E-state index in [0.29, 0.717) is 0 Å². The lowest BCUT2D eigenvalue weighted by atomic mass is 10.1. The van der Waals surface area contributed by atoms with Crippen LogP contribution in [0.25, 0.3) is 49.4 Å². The predicted octanol–water partition coefficient (Wildman–Crippen LogP) is 7.45. The summed E-state index contributed by atoms with van der Waals surface area (Å²) in [5.74, 6) is 0. The molecule has 0 atom stereocenters. The van der Waals surface area contributed by atoms with E-state index in [0.717, 1.165) is 37.6 Å². The number of halogens is 1. The minimum absolute atomic E-state index is 0.908. The van der Waals surface area contributed by atoms with E-state index in [1.165, 1.54) is 16.3 Å². The van der Waals surface area contributed by atoms with E-state index in [1.54, 1.807) is 0 Å². The first-order valence-electron chi connectivity index (χ1n) is 8.91. The van der Waals surface area contributed by atoms with E-state index in [9.17, 15) is 0 Å². The Hall–Kier alpha value is -3.04. The van der Waals surface area contributed by atoms with Crippen molar-refractivity contribution in [2.45, 2.75) is 0 Å². The highest BCUT2D eigenvalue weighted by molar-refractivity contribution is 9.10. The molecule has 3 heteroatoms. The molecular formula is C24H14BrNO. The van der Waals surface area contributed by atoms with Crippen LogP contribution in [0.5, 0.6) is 0 Å². The summed E-state index contributed by atoms with van der Waals surface area (Å²) in [6.45, 7) is 0. The first kappa shape index (κ1) is 15.1. The first-order chi connectivity index (χ1) is 13.3. The van der Waals surface area contributed by atoms with Crippen LogP contribution in [0.3, 0.4) is 0 Å². The predicted molar refractivity (Wildman–Crippen MR) is 116 cm³/mol. The molecule has 0 aliphatic rings. The summed E-state index contributed by atoms with van der Waals surface area (Å²) in [5.41, 5.74) is 5.24. The number of hydrogen-bond acceptors (Lipinski definition) is 1. The Morgan fingerprint density at radius 2 is 1.41 bits per heavy atom. The van der Waals surface area contributed by atoms with Crippen LogP contribution in [0.4, 0.5) is 0 Å². The van der Waals surface area contributed by atoms with Crippen molar-refractivity contribution in [1.29, 1.82) is 0 Å². The number of rotatable bonds is 1. The second kappa shape index (κ2) is 5.48. The summed E-state index contributed by atoms with van der Waals surface area (Å²) in [5, 5.41) is 4.66. The van der Waals surface area contributed by atoms with Crippen molar-refractivity contribution in [3.63, 3.8) is 0 Å². The zero-order valence-corrected chi connectivity index (χ0v) is 15.9. The van der Waals surface area contributed by atoms with Gasteiger partial charge in [-0.2, -0.15) is 0 Å². The molecule has 2 nitrogen and oxygen atoms in total. The van der Waals surface area contributed by atoms with Crippen LogP contribution in [0.15, 0.2) is 93.8 Å². The fraction of sp³-hybridized carbons (Fsp3) is 0. The molecule has 0 spiro atoms. The van der Waals surface area contributed by atoms with Gasteiger partial charge in [-0.25, -0.2) is 0 Å². The Kier molecular flexibility index (Phi) is 3.06. The van der Waals surface area contributed by atoms with E-state index in [4.69, 9.17) is 4.42 Å². The Bertz CT molecular complexity index is 1470. The smallest absolute Gasteiger partial charge is 0.161 e. The fourth-order valence-corrected chi connectivity index (χ4v) is 4.75. The van der Waals surface area contributed by atoms with Gasteiger partial charge >= 0.3 is 0 Å². The third-order valence-electron chi connectivity index (χ3n) is 5.25. The van der Waals surface area contributed by atoms with E-state index >= 15 is 0 Å². The molecule has 27 heavy (non-hydrogen) atoms. The lowest BCUT2D eigenvalue weighted by Crippen LogP contribution is -1.93. The number of para-hydroxylation sites is 3. The highest BCUT2D eigenvalue weighted by Crippen LogP contribution is 2.43. The summed E-state index contributed by atoms with van der Waals surface area (Å²) in [4.78, 5) is 0.